The maximum Gasteiger partial charge on any atom is 0.142 e. The number of benzene rings is 2. The molecule has 1 aliphatic rings. The Morgan fingerprint density at radius 1 is 0.939 bits per heavy atom. The largest absolute Gasteiger partial charge is 0.491 e. The smallest absolute Gasteiger partial charge is 0.142 e. The highest BCUT2D eigenvalue weighted by Crippen LogP contribution is 2.43. The Morgan fingerprint density at radius 2 is 1.61 bits per heavy atom. The van der Waals surface area contributed by atoms with Gasteiger partial charge in [-0.2, -0.15) is 0 Å². The minimum Gasteiger partial charge on any atom is -0.491 e. The van der Waals surface area contributed by atoms with Crippen LogP contribution in [0.5, 0.6) is 5.75 Å². The molecule has 1 aliphatic heterocycles. The van der Waals surface area contributed by atoms with E-state index in [1.165, 1.54) is 5.69 Å². The lowest BCUT2D eigenvalue weighted by molar-refractivity contribution is 0.242. The number of pyridine rings is 1. The van der Waals surface area contributed by atoms with Crippen LogP contribution >= 0.6 is 11.6 Å². The molecular formula is C27H29ClN4O. The summed E-state index contributed by atoms with van der Waals surface area (Å²) in [5, 5.41) is 5.09. The van der Waals surface area contributed by atoms with Crippen molar-refractivity contribution in [3.05, 3.63) is 65.8 Å². The van der Waals surface area contributed by atoms with Crippen molar-refractivity contribution in [3.63, 3.8) is 0 Å². The van der Waals surface area contributed by atoms with Crippen molar-refractivity contribution in [2.75, 3.05) is 31.1 Å². The fraction of sp³-hybridized carbons (Fsp3) is 0.296. The molecule has 1 N–H and O–H groups in total. The van der Waals surface area contributed by atoms with Gasteiger partial charge in [0.25, 0.3) is 0 Å². The molecule has 0 spiro atoms. The monoisotopic (exact) mass is 460 g/mol. The molecule has 3 heterocycles. The molecule has 1 fully saturated rings. The number of hydrogen-bond acceptors (Lipinski definition) is 4. The van der Waals surface area contributed by atoms with Crippen LogP contribution in [-0.2, 0) is 7.05 Å². The summed E-state index contributed by atoms with van der Waals surface area (Å²) in [6, 6.07) is 19.0. The van der Waals surface area contributed by atoms with E-state index >= 15 is 0 Å². The number of aryl methyl sites for hydroxylation is 1. The van der Waals surface area contributed by atoms with Gasteiger partial charge in [-0.05, 0) is 55.3 Å². The summed E-state index contributed by atoms with van der Waals surface area (Å²) in [4.78, 5) is 7.09. The Bertz CT molecular complexity index is 1260. The Morgan fingerprint density at radius 3 is 2.27 bits per heavy atom. The van der Waals surface area contributed by atoms with Gasteiger partial charge in [0, 0.05) is 56.1 Å². The van der Waals surface area contributed by atoms with E-state index in [0.717, 1.165) is 65.3 Å². The van der Waals surface area contributed by atoms with Crippen molar-refractivity contribution in [2.24, 2.45) is 7.05 Å². The zero-order valence-corrected chi connectivity index (χ0v) is 20.1. The summed E-state index contributed by atoms with van der Waals surface area (Å²) in [7, 11) is 2.06. The fourth-order valence-electron chi connectivity index (χ4n) is 4.65. The quantitative estimate of drug-likeness (QED) is 0.411. The lowest BCUT2D eigenvalue weighted by Crippen LogP contribution is -2.43. The zero-order chi connectivity index (χ0) is 22.9. The van der Waals surface area contributed by atoms with E-state index in [1.54, 1.807) is 6.20 Å². The molecule has 4 aromatic rings. The number of nitrogens with one attached hydrogen (secondary N) is 1. The molecule has 170 valence electrons. The molecule has 2 aromatic carbocycles. The van der Waals surface area contributed by atoms with E-state index in [9.17, 15) is 0 Å². The van der Waals surface area contributed by atoms with Gasteiger partial charge in [-0.3, -0.25) is 0 Å². The molecule has 6 heteroatoms. The van der Waals surface area contributed by atoms with Crippen molar-refractivity contribution in [3.8, 4) is 28.1 Å². The molecule has 0 radical (unpaired) electrons. The van der Waals surface area contributed by atoms with Gasteiger partial charge < -0.3 is 19.5 Å². The second-order valence-electron chi connectivity index (χ2n) is 8.75. The first-order chi connectivity index (χ1) is 16.0. The van der Waals surface area contributed by atoms with Crippen molar-refractivity contribution >= 4 is 28.3 Å². The average Bonchev–Trinajstić information content (AvgIpc) is 3.13. The predicted molar refractivity (Wildman–Crippen MR) is 137 cm³/mol. The second-order valence-corrected chi connectivity index (χ2v) is 9.16. The summed E-state index contributed by atoms with van der Waals surface area (Å²) < 4.78 is 8.00. The normalized spacial score (nSPS) is 14.3. The van der Waals surface area contributed by atoms with Crippen LogP contribution in [0.4, 0.5) is 5.69 Å². The summed E-state index contributed by atoms with van der Waals surface area (Å²) in [6.07, 6.45) is 1.91. The molecule has 0 amide bonds. The summed E-state index contributed by atoms with van der Waals surface area (Å²) >= 11 is 6.72. The molecule has 33 heavy (non-hydrogen) atoms. The van der Waals surface area contributed by atoms with Crippen LogP contribution < -0.4 is 15.0 Å². The molecule has 0 bridgehead atoms. The molecule has 0 aliphatic carbocycles. The van der Waals surface area contributed by atoms with Gasteiger partial charge in [0.05, 0.1) is 16.8 Å². The summed E-state index contributed by atoms with van der Waals surface area (Å²) in [5.41, 5.74) is 6.57. The standard InChI is InChI=1S/C27H29ClN4O/c1-18(2)33-22-10-6-19(7-11-22)24-25-23(28)12-13-30-27(25)31(3)26(24)20-4-8-21(9-5-20)32-16-14-29-15-17-32/h4-13,18,29H,14-17H2,1-3H3. The van der Waals surface area contributed by atoms with Crippen LogP contribution in [0.3, 0.4) is 0 Å². The van der Waals surface area contributed by atoms with E-state index < -0.39 is 0 Å². The van der Waals surface area contributed by atoms with E-state index in [-0.39, 0.29) is 6.10 Å². The first-order valence-corrected chi connectivity index (χ1v) is 11.9. The van der Waals surface area contributed by atoms with Crippen LogP contribution in [0.15, 0.2) is 60.8 Å². The third kappa shape index (κ3) is 4.19. The Labute approximate surface area is 200 Å². The van der Waals surface area contributed by atoms with Crippen LogP contribution in [0, 0.1) is 0 Å². The van der Waals surface area contributed by atoms with E-state index in [1.807, 2.05) is 32.0 Å². The number of ether oxygens (including phenoxy) is 1. The van der Waals surface area contributed by atoms with Gasteiger partial charge in [-0.15, -0.1) is 0 Å². The van der Waals surface area contributed by atoms with Crippen LogP contribution in [0.1, 0.15) is 13.8 Å². The third-order valence-corrected chi connectivity index (χ3v) is 6.47. The number of nitrogens with zero attached hydrogens (tertiary/aromatic N) is 3. The average molecular weight is 461 g/mol. The lowest BCUT2D eigenvalue weighted by atomic mass is 9.98. The maximum atomic E-state index is 6.72. The van der Waals surface area contributed by atoms with Gasteiger partial charge in [0.15, 0.2) is 0 Å². The first kappa shape index (κ1) is 21.8. The molecule has 0 saturated carbocycles. The molecular weight excluding hydrogens is 432 g/mol. The lowest BCUT2D eigenvalue weighted by Gasteiger charge is -2.29. The summed E-state index contributed by atoms with van der Waals surface area (Å²) in [5.74, 6) is 0.861. The highest BCUT2D eigenvalue weighted by Gasteiger charge is 2.22. The van der Waals surface area contributed by atoms with Gasteiger partial charge in [0.2, 0.25) is 0 Å². The van der Waals surface area contributed by atoms with Crippen molar-refractivity contribution in [1.29, 1.82) is 0 Å². The number of halogens is 1. The minimum atomic E-state index is 0.136. The molecule has 2 aromatic heterocycles. The number of hydrogen-bond donors (Lipinski definition) is 1. The SMILES string of the molecule is CC(C)Oc1ccc(-c2c(-c3ccc(N4CCNCC4)cc3)n(C)c3nccc(Cl)c23)cc1. The number of fused-ring (bicyclic) bond motifs is 1. The van der Waals surface area contributed by atoms with E-state index in [2.05, 4.69) is 63.2 Å². The first-order valence-electron chi connectivity index (χ1n) is 11.5. The molecule has 5 nitrogen and oxygen atoms in total. The fourth-order valence-corrected chi connectivity index (χ4v) is 4.89. The van der Waals surface area contributed by atoms with Crippen LogP contribution in [0.25, 0.3) is 33.4 Å². The Balaban J connectivity index is 1.63. The number of aromatic nitrogens is 2. The molecule has 1 saturated heterocycles. The van der Waals surface area contributed by atoms with E-state index in [4.69, 9.17) is 16.3 Å². The topological polar surface area (TPSA) is 42.3 Å². The van der Waals surface area contributed by atoms with Crippen molar-refractivity contribution in [2.45, 2.75) is 20.0 Å². The highest BCUT2D eigenvalue weighted by molar-refractivity contribution is 6.37. The molecule has 5 rings (SSSR count). The number of piperazine rings is 1. The predicted octanol–water partition coefficient (Wildman–Crippen LogP) is 5.76. The third-order valence-electron chi connectivity index (χ3n) is 6.16. The number of rotatable bonds is 5. The molecule has 0 atom stereocenters. The molecule has 0 unspecified atom stereocenters. The maximum absolute atomic E-state index is 6.72. The van der Waals surface area contributed by atoms with Crippen LogP contribution in [0.2, 0.25) is 5.02 Å². The highest BCUT2D eigenvalue weighted by atomic mass is 35.5. The summed E-state index contributed by atoms with van der Waals surface area (Å²) in [6.45, 7) is 8.18. The van der Waals surface area contributed by atoms with Gasteiger partial charge in [0.1, 0.15) is 11.4 Å². The Kier molecular flexibility index (Phi) is 6.00. The van der Waals surface area contributed by atoms with Gasteiger partial charge in [-0.1, -0.05) is 35.9 Å². The van der Waals surface area contributed by atoms with E-state index in [0.29, 0.717) is 5.02 Å². The van der Waals surface area contributed by atoms with Gasteiger partial charge >= 0.3 is 0 Å². The van der Waals surface area contributed by atoms with Crippen molar-refractivity contribution < 1.29 is 4.74 Å². The van der Waals surface area contributed by atoms with Crippen molar-refractivity contribution in [1.82, 2.24) is 14.9 Å². The number of anilines is 1. The Hall–Kier alpha value is -3.02. The van der Waals surface area contributed by atoms with Gasteiger partial charge in [-0.25, -0.2) is 4.98 Å². The zero-order valence-electron chi connectivity index (χ0n) is 19.3. The second kappa shape index (κ2) is 9.08. The van der Waals surface area contributed by atoms with Crippen LogP contribution in [-0.4, -0.2) is 41.8 Å². The minimum absolute atomic E-state index is 0.136.